The van der Waals surface area contributed by atoms with Crippen LogP contribution in [0.5, 0.6) is 5.75 Å². The minimum atomic E-state index is -0.950. The summed E-state index contributed by atoms with van der Waals surface area (Å²) in [7, 11) is 0. The van der Waals surface area contributed by atoms with Crippen LogP contribution >= 0.6 is 0 Å². The van der Waals surface area contributed by atoms with Crippen LogP contribution in [0.15, 0.2) is 24.3 Å². The average Bonchev–Trinajstić information content (AvgIpc) is 2.32. The van der Waals surface area contributed by atoms with Crippen LogP contribution in [-0.4, -0.2) is 46.1 Å². The molecule has 1 unspecified atom stereocenters. The predicted octanol–water partition coefficient (Wildman–Crippen LogP) is -0.223. The highest BCUT2D eigenvalue weighted by molar-refractivity contribution is 5.83. The van der Waals surface area contributed by atoms with Gasteiger partial charge in [0.25, 0.3) is 0 Å². The number of hydrogen-bond donors (Lipinski definition) is 3. The van der Waals surface area contributed by atoms with Crippen molar-refractivity contribution in [2.24, 2.45) is 0 Å². The number of benzene rings is 1. The first-order chi connectivity index (χ1) is 8.56. The minimum Gasteiger partial charge on any atom is -0.508 e. The van der Waals surface area contributed by atoms with Gasteiger partial charge in [0.1, 0.15) is 11.8 Å². The van der Waals surface area contributed by atoms with E-state index in [9.17, 15) is 14.7 Å². The molecule has 0 saturated carbocycles. The molecular weight excluding hydrogens is 236 g/mol. The Bertz CT molecular complexity index is 458. The maximum atomic E-state index is 11.3. The third-order valence-corrected chi connectivity index (χ3v) is 2.89. The lowest BCUT2D eigenvalue weighted by Gasteiger charge is -2.32. The molecule has 0 bridgehead atoms. The van der Waals surface area contributed by atoms with E-state index in [1.807, 2.05) is 0 Å². The maximum absolute atomic E-state index is 11.3. The molecule has 0 aliphatic carbocycles. The summed E-state index contributed by atoms with van der Waals surface area (Å²) in [6.07, 6.45) is 0. The molecule has 0 radical (unpaired) electrons. The second-order valence-electron chi connectivity index (χ2n) is 4.23. The number of piperazine rings is 1. The van der Waals surface area contributed by atoms with Crippen LogP contribution in [0.2, 0.25) is 0 Å². The van der Waals surface area contributed by atoms with E-state index in [0.717, 1.165) is 5.56 Å². The zero-order valence-electron chi connectivity index (χ0n) is 9.67. The number of nitrogens with zero attached hydrogens (tertiary/aromatic N) is 1. The number of aliphatic carboxylic acids is 1. The fourth-order valence-electron chi connectivity index (χ4n) is 1.94. The summed E-state index contributed by atoms with van der Waals surface area (Å²) in [5, 5.41) is 20.8. The van der Waals surface area contributed by atoms with Crippen molar-refractivity contribution in [2.75, 3.05) is 13.1 Å². The summed E-state index contributed by atoms with van der Waals surface area (Å²) in [4.78, 5) is 24.0. The summed E-state index contributed by atoms with van der Waals surface area (Å²) < 4.78 is 0. The van der Waals surface area contributed by atoms with E-state index in [-0.39, 0.29) is 24.7 Å². The number of phenols is 1. The quantitative estimate of drug-likeness (QED) is 0.690. The zero-order valence-corrected chi connectivity index (χ0v) is 9.67. The molecule has 1 fully saturated rings. The van der Waals surface area contributed by atoms with E-state index in [4.69, 9.17) is 5.11 Å². The van der Waals surface area contributed by atoms with Gasteiger partial charge in [-0.05, 0) is 17.7 Å². The molecule has 0 aromatic heterocycles. The van der Waals surface area contributed by atoms with Crippen molar-refractivity contribution in [1.29, 1.82) is 0 Å². The zero-order chi connectivity index (χ0) is 13.1. The van der Waals surface area contributed by atoms with Gasteiger partial charge in [0.05, 0.1) is 6.54 Å². The molecule has 6 nitrogen and oxygen atoms in total. The summed E-state index contributed by atoms with van der Waals surface area (Å²) in [5.74, 6) is -0.968. The van der Waals surface area contributed by atoms with Crippen molar-refractivity contribution in [2.45, 2.75) is 12.6 Å². The van der Waals surface area contributed by atoms with Crippen LogP contribution in [0.1, 0.15) is 5.56 Å². The summed E-state index contributed by atoms with van der Waals surface area (Å²) >= 11 is 0. The lowest BCUT2D eigenvalue weighted by molar-refractivity contribution is -0.146. The SMILES string of the molecule is O=C1CN(Cc2ccc(O)cc2)C(C(=O)O)CN1. The number of phenolic OH excluding ortho intramolecular Hbond substituents is 1. The molecule has 1 heterocycles. The maximum Gasteiger partial charge on any atom is 0.322 e. The second-order valence-corrected chi connectivity index (χ2v) is 4.23. The summed E-state index contributed by atoms with van der Waals surface area (Å²) in [6.45, 7) is 0.550. The largest absolute Gasteiger partial charge is 0.508 e. The Kier molecular flexibility index (Phi) is 3.47. The normalized spacial score (nSPS) is 20.4. The molecule has 1 aromatic carbocycles. The number of carbonyl (C=O) groups is 2. The molecule has 96 valence electrons. The number of nitrogens with one attached hydrogen (secondary N) is 1. The Balaban J connectivity index is 2.11. The van der Waals surface area contributed by atoms with Gasteiger partial charge in [0.15, 0.2) is 0 Å². The van der Waals surface area contributed by atoms with E-state index < -0.39 is 12.0 Å². The molecule has 1 amide bonds. The Morgan fingerprint density at radius 3 is 2.67 bits per heavy atom. The number of aromatic hydroxyl groups is 1. The number of amides is 1. The number of rotatable bonds is 3. The third-order valence-electron chi connectivity index (χ3n) is 2.89. The van der Waals surface area contributed by atoms with Gasteiger partial charge in [-0.2, -0.15) is 0 Å². The standard InChI is InChI=1S/C12H14N2O4/c15-9-3-1-8(2-4-9)6-14-7-11(16)13-5-10(14)12(17)18/h1-4,10,15H,5-7H2,(H,13,16)(H,17,18). The molecule has 1 atom stereocenters. The number of hydrogen-bond acceptors (Lipinski definition) is 4. The van der Waals surface area contributed by atoms with Crippen LogP contribution in [0, 0.1) is 0 Å². The highest BCUT2D eigenvalue weighted by atomic mass is 16.4. The summed E-state index contributed by atoms with van der Waals surface area (Å²) in [5.41, 5.74) is 0.855. The van der Waals surface area contributed by atoms with E-state index in [1.54, 1.807) is 17.0 Å². The lowest BCUT2D eigenvalue weighted by Crippen LogP contribution is -2.56. The summed E-state index contributed by atoms with van der Waals surface area (Å²) in [6, 6.07) is 5.78. The monoisotopic (exact) mass is 250 g/mol. The first kappa shape index (κ1) is 12.4. The number of carboxylic acids is 1. The smallest absolute Gasteiger partial charge is 0.322 e. The molecular formula is C12H14N2O4. The van der Waals surface area contributed by atoms with Gasteiger partial charge in [-0.15, -0.1) is 0 Å². The average molecular weight is 250 g/mol. The van der Waals surface area contributed by atoms with Gasteiger partial charge in [-0.25, -0.2) is 0 Å². The molecule has 3 N–H and O–H groups in total. The van der Waals surface area contributed by atoms with Gasteiger partial charge in [-0.3, -0.25) is 14.5 Å². The molecule has 6 heteroatoms. The van der Waals surface area contributed by atoms with Crippen LogP contribution in [0.3, 0.4) is 0 Å². The Labute approximate surface area is 104 Å². The predicted molar refractivity (Wildman–Crippen MR) is 63.0 cm³/mol. The molecule has 1 aliphatic rings. The highest BCUT2D eigenvalue weighted by Crippen LogP contribution is 2.14. The van der Waals surface area contributed by atoms with Crippen molar-refractivity contribution in [1.82, 2.24) is 10.2 Å². The van der Waals surface area contributed by atoms with E-state index in [0.29, 0.717) is 6.54 Å². The van der Waals surface area contributed by atoms with Gasteiger partial charge < -0.3 is 15.5 Å². The van der Waals surface area contributed by atoms with Crippen molar-refractivity contribution in [3.63, 3.8) is 0 Å². The van der Waals surface area contributed by atoms with Crippen molar-refractivity contribution in [3.05, 3.63) is 29.8 Å². The molecule has 2 rings (SSSR count). The van der Waals surface area contributed by atoms with Gasteiger partial charge in [0, 0.05) is 13.1 Å². The van der Waals surface area contributed by atoms with Crippen LogP contribution in [0.4, 0.5) is 0 Å². The highest BCUT2D eigenvalue weighted by Gasteiger charge is 2.31. The molecule has 18 heavy (non-hydrogen) atoms. The van der Waals surface area contributed by atoms with E-state index in [1.165, 1.54) is 12.1 Å². The first-order valence-corrected chi connectivity index (χ1v) is 5.58. The molecule has 1 aromatic rings. The van der Waals surface area contributed by atoms with Crippen molar-refractivity contribution < 1.29 is 19.8 Å². The fourth-order valence-corrected chi connectivity index (χ4v) is 1.94. The van der Waals surface area contributed by atoms with Crippen LogP contribution in [0.25, 0.3) is 0 Å². The minimum absolute atomic E-state index is 0.0673. The number of carbonyl (C=O) groups excluding carboxylic acids is 1. The van der Waals surface area contributed by atoms with Gasteiger partial charge in [0.2, 0.25) is 5.91 Å². The Hall–Kier alpha value is -2.08. The second kappa shape index (κ2) is 5.05. The van der Waals surface area contributed by atoms with Gasteiger partial charge >= 0.3 is 5.97 Å². The fraction of sp³-hybridized carbons (Fsp3) is 0.333. The Morgan fingerprint density at radius 2 is 2.06 bits per heavy atom. The Morgan fingerprint density at radius 1 is 1.39 bits per heavy atom. The molecule has 0 spiro atoms. The van der Waals surface area contributed by atoms with E-state index in [2.05, 4.69) is 5.32 Å². The van der Waals surface area contributed by atoms with Crippen LogP contribution < -0.4 is 5.32 Å². The van der Waals surface area contributed by atoms with Gasteiger partial charge in [-0.1, -0.05) is 12.1 Å². The van der Waals surface area contributed by atoms with Crippen molar-refractivity contribution >= 4 is 11.9 Å². The third kappa shape index (κ3) is 2.78. The number of carboxylic acid groups (broad SMARTS) is 1. The van der Waals surface area contributed by atoms with E-state index >= 15 is 0 Å². The van der Waals surface area contributed by atoms with Crippen LogP contribution in [-0.2, 0) is 16.1 Å². The molecule has 1 aliphatic heterocycles. The first-order valence-electron chi connectivity index (χ1n) is 5.58. The lowest BCUT2D eigenvalue weighted by atomic mass is 10.1. The van der Waals surface area contributed by atoms with Crippen molar-refractivity contribution in [3.8, 4) is 5.75 Å². The topological polar surface area (TPSA) is 89.9 Å². The molecule has 1 saturated heterocycles.